The first kappa shape index (κ1) is 20.9. The van der Waals surface area contributed by atoms with Gasteiger partial charge in [-0.05, 0) is 68.4 Å². The molecule has 0 fully saturated rings. The second-order valence-electron chi connectivity index (χ2n) is 7.29. The maximum atomic E-state index is 12.5. The molecule has 2 aromatic heterocycles. The fraction of sp³-hybridized carbons (Fsp3) is 0.0800. The van der Waals surface area contributed by atoms with Crippen LogP contribution in [0.15, 0.2) is 82.3 Å². The number of furan rings is 1. The van der Waals surface area contributed by atoms with Crippen LogP contribution in [0, 0.1) is 13.8 Å². The van der Waals surface area contributed by atoms with Crippen LogP contribution in [0.4, 0.5) is 0 Å². The van der Waals surface area contributed by atoms with Crippen LogP contribution in [0.3, 0.4) is 0 Å². The van der Waals surface area contributed by atoms with Crippen molar-refractivity contribution in [2.24, 2.45) is 5.10 Å². The number of carboxylic acids is 1. The van der Waals surface area contributed by atoms with Crippen molar-refractivity contribution < 1.29 is 19.1 Å². The van der Waals surface area contributed by atoms with E-state index in [1.165, 1.54) is 18.3 Å². The SMILES string of the molecule is Cc1ccc(C)n1-c1cccc(C(=O)NN=Cc2ccc(-c3ccc(C(=O)O)cc3)o2)c1. The number of nitrogens with zero attached hydrogens (tertiary/aromatic N) is 2. The van der Waals surface area contributed by atoms with E-state index in [1.54, 1.807) is 30.3 Å². The van der Waals surface area contributed by atoms with Crippen LogP contribution in [0.2, 0.25) is 0 Å². The normalized spacial score (nSPS) is 11.1. The molecule has 0 aliphatic carbocycles. The topological polar surface area (TPSA) is 96.8 Å². The highest BCUT2D eigenvalue weighted by Gasteiger charge is 2.09. The van der Waals surface area contributed by atoms with Crippen LogP contribution in [0.5, 0.6) is 0 Å². The Bertz CT molecular complexity index is 1290. The van der Waals surface area contributed by atoms with Gasteiger partial charge in [0.15, 0.2) is 0 Å². The van der Waals surface area contributed by atoms with Gasteiger partial charge in [-0.1, -0.05) is 18.2 Å². The van der Waals surface area contributed by atoms with Crippen LogP contribution >= 0.6 is 0 Å². The molecule has 0 unspecified atom stereocenters. The predicted molar refractivity (Wildman–Crippen MR) is 121 cm³/mol. The molecular weight excluding hydrogens is 406 g/mol. The van der Waals surface area contributed by atoms with E-state index >= 15 is 0 Å². The number of hydrogen-bond acceptors (Lipinski definition) is 4. The Balaban J connectivity index is 1.43. The molecule has 0 saturated carbocycles. The average molecular weight is 427 g/mol. The zero-order valence-corrected chi connectivity index (χ0v) is 17.6. The Kier molecular flexibility index (Phi) is 5.72. The van der Waals surface area contributed by atoms with Crippen molar-refractivity contribution in [3.8, 4) is 17.0 Å². The maximum absolute atomic E-state index is 12.5. The number of rotatable bonds is 6. The number of benzene rings is 2. The van der Waals surface area contributed by atoms with E-state index in [0.29, 0.717) is 17.1 Å². The standard InChI is InChI=1S/C25H21N3O4/c1-16-6-7-17(2)28(16)21-5-3-4-20(14-21)24(29)27-26-15-22-12-13-23(32-22)18-8-10-19(11-9-18)25(30)31/h3-15H,1-2H3,(H,27,29)(H,30,31). The molecule has 0 spiro atoms. The molecular formula is C25H21N3O4. The Hall–Kier alpha value is -4.39. The van der Waals surface area contributed by atoms with E-state index in [0.717, 1.165) is 22.6 Å². The predicted octanol–water partition coefficient (Wildman–Crippen LogP) is 4.82. The highest BCUT2D eigenvalue weighted by molar-refractivity contribution is 5.95. The maximum Gasteiger partial charge on any atom is 0.335 e. The Morgan fingerprint density at radius 2 is 1.66 bits per heavy atom. The Morgan fingerprint density at radius 1 is 0.938 bits per heavy atom. The molecule has 32 heavy (non-hydrogen) atoms. The van der Waals surface area contributed by atoms with Gasteiger partial charge in [0.2, 0.25) is 0 Å². The summed E-state index contributed by atoms with van der Waals surface area (Å²) in [5.41, 5.74) is 7.04. The number of amides is 1. The third-order valence-electron chi connectivity index (χ3n) is 5.04. The Morgan fingerprint density at radius 3 is 2.34 bits per heavy atom. The first-order valence-corrected chi connectivity index (χ1v) is 9.95. The van der Waals surface area contributed by atoms with E-state index in [9.17, 15) is 9.59 Å². The number of hydrazone groups is 1. The third kappa shape index (κ3) is 4.37. The van der Waals surface area contributed by atoms with E-state index < -0.39 is 5.97 Å². The van der Waals surface area contributed by atoms with E-state index in [1.807, 2.05) is 44.2 Å². The highest BCUT2D eigenvalue weighted by Crippen LogP contribution is 2.22. The first-order valence-electron chi connectivity index (χ1n) is 9.95. The summed E-state index contributed by atoms with van der Waals surface area (Å²) in [6, 6.07) is 21.2. The number of aromatic carboxylic acids is 1. The minimum absolute atomic E-state index is 0.205. The number of carboxylic acid groups (broad SMARTS) is 1. The van der Waals surface area contributed by atoms with Gasteiger partial charge in [-0.2, -0.15) is 5.10 Å². The van der Waals surface area contributed by atoms with Gasteiger partial charge in [0, 0.05) is 28.2 Å². The summed E-state index contributed by atoms with van der Waals surface area (Å²) < 4.78 is 7.78. The molecule has 0 bridgehead atoms. The van der Waals surface area contributed by atoms with Gasteiger partial charge in [0.25, 0.3) is 5.91 Å². The van der Waals surface area contributed by atoms with E-state index in [2.05, 4.69) is 15.1 Å². The highest BCUT2D eigenvalue weighted by atomic mass is 16.4. The van der Waals surface area contributed by atoms with Gasteiger partial charge in [-0.15, -0.1) is 0 Å². The molecule has 0 saturated heterocycles. The number of carbonyl (C=O) groups is 2. The van der Waals surface area contributed by atoms with Gasteiger partial charge in [0.1, 0.15) is 11.5 Å². The molecule has 0 aliphatic heterocycles. The average Bonchev–Trinajstić information content (AvgIpc) is 3.40. The van der Waals surface area contributed by atoms with Crippen molar-refractivity contribution in [2.75, 3.05) is 0 Å². The summed E-state index contributed by atoms with van der Waals surface area (Å²) in [6.45, 7) is 4.03. The summed E-state index contributed by atoms with van der Waals surface area (Å²) in [7, 11) is 0. The fourth-order valence-corrected chi connectivity index (χ4v) is 3.44. The molecule has 1 amide bonds. The van der Waals surface area contributed by atoms with Crippen molar-refractivity contribution in [3.05, 3.63) is 101 Å². The van der Waals surface area contributed by atoms with Crippen LogP contribution in [-0.2, 0) is 0 Å². The smallest absolute Gasteiger partial charge is 0.335 e. The van der Waals surface area contributed by atoms with Crippen LogP contribution < -0.4 is 5.43 Å². The quantitative estimate of drug-likeness (QED) is 0.341. The lowest BCUT2D eigenvalue weighted by Gasteiger charge is -2.10. The number of hydrogen-bond donors (Lipinski definition) is 2. The number of aryl methyl sites for hydroxylation is 2. The Labute approximate surface area is 184 Å². The van der Waals surface area contributed by atoms with Gasteiger partial charge in [-0.25, -0.2) is 10.2 Å². The second-order valence-corrected chi connectivity index (χ2v) is 7.29. The van der Waals surface area contributed by atoms with Crippen molar-refractivity contribution in [1.82, 2.24) is 9.99 Å². The zero-order chi connectivity index (χ0) is 22.7. The third-order valence-corrected chi connectivity index (χ3v) is 5.04. The molecule has 2 heterocycles. The number of carbonyl (C=O) groups excluding carboxylic acids is 1. The summed E-state index contributed by atoms with van der Waals surface area (Å²) >= 11 is 0. The lowest BCUT2D eigenvalue weighted by Crippen LogP contribution is -2.17. The first-order chi connectivity index (χ1) is 15.4. The lowest BCUT2D eigenvalue weighted by atomic mass is 10.1. The van der Waals surface area contributed by atoms with Crippen molar-refractivity contribution in [2.45, 2.75) is 13.8 Å². The number of nitrogens with one attached hydrogen (secondary N) is 1. The monoisotopic (exact) mass is 427 g/mol. The molecule has 0 aliphatic rings. The molecule has 0 atom stereocenters. The van der Waals surface area contributed by atoms with Gasteiger partial charge < -0.3 is 14.1 Å². The molecule has 2 aromatic carbocycles. The van der Waals surface area contributed by atoms with E-state index in [4.69, 9.17) is 9.52 Å². The van der Waals surface area contributed by atoms with Crippen LogP contribution in [0.1, 0.15) is 37.9 Å². The van der Waals surface area contributed by atoms with E-state index in [-0.39, 0.29) is 11.5 Å². The number of aromatic nitrogens is 1. The summed E-state index contributed by atoms with van der Waals surface area (Å²) in [5, 5.41) is 13.0. The minimum Gasteiger partial charge on any atom is -0.478 e. The molecule has 4 aromatic rings. The molecule has 7 heteroatoms. The largest absolute Gasteiger partial charge is 0.478 e. The summed E-state index contributed by atoms with van der Waals surface area (Å²) in [5.74, 6) is -0.292. The van der Waals surface area contributed by atoms with Gasteiger partial charge >= 0.3 is 5.97 Å². The van der Waals surface area contributed by atoms with Crippen molar-refractivity contribution in [1.29, 1.82) is 0 Å². The summed E-state index contributed by atoms with van der Waals surface area (Å²) in [6.07, 6.45) is 1.41. The molecule has 7 nitrogen and oxygen atoms in total. The molecule has 4 rings (SSSR count). The van der Waals surface area contributed by atoms with Crippen LogP contribution in [0.25, 0.3) is 17.0 Å². The minimum atomic E-state index is -0.983. The summed E-state index contributed by atoms with van der Waals surface area (Å²) in [4.78, 5) is 23.5. The molecule has 2 N–H and O–H groups in total. The lowest BCUT2D eigenvalue weighted by molar-refractivity contribution is 0.0696. The fourth-order valence-electron chi connectivity index (χ4n) is 3.44. The van der Waals surface area contributed by atoms with Crippen molar-refractivity contribution in [3.63, 3.8) is 0 Å². The molecule has 0 radical (unpaired) electrons. The van der Waals surface area contributed by atoms with Gasteiger partial charge in [-0.3, -0.25) is 4.79 Å². The van der Waals surface area contributed by atoms with Gasteiger partial charge in [0.05, 0.1) is 11.8 Å². The molecule has 160 valence electrons. The van der Waals surface area contributed by atoms with Crippen LogP contribution in [-0.4, -0.2) is 27.8 Å². The zero-order valence-electron chi connectivity index (χ0n) is 17.6. The van der Waals surface area contributed by atoms with Crippen molar-refractivity contribution >= 4 is 18.1 Å². The second kappa shape index (κ2) is 8.77.